The van der Waals surface area contributed by atoms with Crippen LogP contribution >= 0.6 is 119 Å². The maximum absolute atomic E-state index is 11.9. The number of methoxy groups -OCH3 is 2. The van der Waals surface area contributed by atoms with Crippen molar-refractivity contribution in [3.63, 3.8) is 0 Å². The van der Waals surface area contributed by atoms with Gasteiger partial charge in [0.1, 0.15) is 5.69 Å². The molecule has 1 N–H and O–H groups in total. The number of aliphatic hydroxyl groups is 1. The number of carbonyl (C=O) groups is 3. The molecule has 3 aliphatic rings. The number of hydrogen-bond acceptors (Lipinski definition) is 17. The molecular formula is C97H84Br5Cl3N13O9P. The summed E-state index contributed by atoms with van der Waals surface area (Å²) in [6.45, 7) is 12.3. The molecule has 0 radical (unpaired) electrons. The predicted octanol–water partition coefficient (Wildman–Crippen LogP) is 23.4. The van der Waals surface area contributed by atoms with Crippen molar-refractivity contribution < 1.29 is 43.5 Å². The molecule has 13 heterocycles. The van der Waals surface area contributed by atoms with E-state index in [0.29, 0.717) is 51.8 Å². The van der Waals surface area contributed by atoms with Gasteiger partial charge in [-0.25, -0.2) is 34.5 Å². The SMILES string of the molecule is COC(=O)c1ccc(/C=C/C2=NOC(C)(c3cc(C)cc(Cl)c3)C2)n2cncc12.COC(=O)c1ccc(Br)c2cncn12.Cc1cc(Cl)cc(C2(C)CC(/C=C/c3ccc(Br)c4cncn34)=NO2)c1.Cc1cc(Cl)cc(C2(C)CC(CP(Br)(c3ccccc3)(c3ccccc3)c3ccccc3)=NO2)c1.O=Cc1ccc(Br)c2cncn12.OCc1ccc(Br)c2cncn12. The Kier molecular flexibility index (Phi) is 29.3. The van der Waals surface area contributed by atoms with Gasteiger partial charge in [-0.15, -0.1) is 0 Å². The molecule has 0 bridgehead atoms. The first kappa shape index (κ1) is 93.1. The summed E-state index contributed by atoms with van der Waals surface area (Å²) in [5.74, 6) is -0.771. The van der Waals surface area contributed by atoms with Crippen LogP contribution in [0.1, 0.15) is 122 Å². The molecule has 128 heavy (non-hydrogen) atoms. The van der Waals surface area contributed by atoms with Gasteiger partial charge in [0.25, 0.3) is 0 Å². The van der Waals surface area contributed by atoms with E-state index in [0.717, 1.165) is 125 Å². The summed E-state index contributed by atoms with van der Waals surface area (Å²) in [6.07, 6.45) is 28.3. The maximum Gasteiger partial charge on any atom is 0.166 e. The van der Waals surface area contributed by atoms with Crippen LogP contribution in [0.15, 0.2) is 314 Å². The third-order valence-corrected chi connectivity index (χ3v) is 34.7. The second-order valence-corrected chi connectivity index (χ2v) is 44.7. The summed E-state index contributed by atoms with van der Waals surface area (Å²) in [4.78, 5) is 71.8. The van der Waals surface area contributed by atoms with Gasteiger partial charge < -0.3 is 24.3 Å². The van der Waals surface area contributed by atoms with Gasteiger partial charge in [0.15, 0.2) is 17.5 Å². The average Bonchev–Trinajstić information content (AvgIpc) is 1.06. The molecule has 19 rings (SSSR count). The second kappa shape index (κ2) is 40.3. The van der Waals surface area contributed by atoms with Crippen LogP contribution in [0.4, 0.5) is 0 Å². The van der Waals surface area contributed by atoms with Crippen LogP contribution in [-0.4, -0.2) is 108 Å². The van der Waals surface area contributed by atoms with Crippen molar-refractivity contribution in [2.24, 2.45) is 15.5 Å². The minimum Gasteiger partial charge on any atom is -0.390 e. The number of imidazole rings is 5. The summed E-state index contributed by atoms with van der Waals surface area (Å²) in [5.41, 5.74) is 16.2. The molecule has 22 nitrogen and oxygen atoms in total. The zero-order chi connectivity index (χ0) is 90.7. The molecule has 0 amide bonds. The van der Waals surface area contributed by atoms with E-state index >= 15 is 0 Å². The molecule has 0 saturated carbocycles. The van der Waals surface area contributed by atoms with E-state index in [1.54, 1.807) is 89.5 Å². The summed E-state index contributed by atoms with van der Waals surface area (Å²) in [7, 11) is 2.72. The Morgan fingerprint density at radius 2 is 0.797 bits per heavy atom. The zero-order valence-electron chi connectivity index (χ0n) is 70.3. The fourth-order valence-corrected chi connectivity index (χ4v) is 25.6. The van der Waals surface area contributed by atoms with Crippen LogP contribution in [0.5, 0.6) is 0 Å². The summed E-state index contributed by atoms with van der Waals surface area (Å²) in [5, 5.41) is 25.0. The first-order chi connectivity index (χ1) is 61.5. The van der Waals surface area contributed by atoms with Crippen LogP contribution in [0.2, 0.25) is 15.1 Å². The molecule has 3 unspecified atom stereocenters. The molecule has 3 aliphatic heterocycles. The second-order valence-electron chi connectivity index (χ2n) is 31.0. The van der Waals surface area contributed by atoms with Crippen LogP contribution in [-0.2, 0) is 47.4 Å². The van der Waals surface area contributed by atoms with Gasteiger partial charge in [-0.05, 0) is 223 Å². The number of allylic oxidation sites excluding steroid dienone is 2. The van der Waals surface area contributed by atoms with Gasteiger partial charge in [0.2, 0.25) is 0 Å². The van der Waals surface area contributed by atoms with Crippen LogP contribution in [0.3, 0.4) is 0 Å². The number of carbonyl (C=O) groups excluding carboxylic acids is 3. The number of ether oxygens (including phenoxy) is 2. The smallest absolute Gasteiger partial charge is 0.166 e. The van der Waals surface area contributed by atoms with Gasteiger partial charge in [-0.2, -0.15) is 0 Å². The Bertz CT molecular complexity index is 6830. The number of pyridine rings is 5. The number of aliphatic hydroxyl groups excluding tert-OH is 1. The number of aromatic nitrogens is 10. The largest absolute Gasteiger partial charge is 0.390 e. The summed E-state index contributed by atoms with van der Waals surface area (Å²) >= 11 is 37.0. The molecule has 16 aromatic rings. The van der Waals surface area contributed by atoms with Crippen molar-refractivity contribution in [2.45, 2.75) is 84.2 Å². The first-order valence-electron chi connectivity index (χ1n) is 40.0. The fourth-order valence-electron chi connectivity index (χ4n) is 15.4. The molecule has 0 aliphatic carbocycles. The van der Waals surface area contributed by atoms with E-state index < -0.39 is 28.1 Å². The molecule has 31 heteroatoms. The number of halogens is 8. The van der Waals surface area contributed by atoms with E-state index in [1.165, 1.54) is 30.1 Å². The molecule has 10 aromatic heterocycles. The first-order valence-corrected chi connectivity index (χ1v) is 48.7. The summed E-state index contributed by atoms with van der Waals surface area (Å²) in [6, 6.07) is 68.8. The van der Waals surface area contributed by atoms with E-state index in [2.05, 4.69) is 242 Å². The number of aldehydes is 1. The van der Waals surface area contributed by atoms with Crippen molar-refractivity contribution in [1.82, 2.24) is 46.9 Å². The number of aryl methyl sites for hydroxylation is 3. The van der Waals surface area contributed by atoms with Crippen LogP contribution < -0.4 is 15.9 Å². The van der Waals surface area contributed by atoms with Crippen LogP contribution in [0.25, 0.3) is 39.7 Å². The minimum atomic E-state index is -3.12. The normalized spacial score (nSPS) is 16.6. The Hall–Kier alpha value is -11.1. The van der Waals surface area contributed by atoms with Gasteiger partial charge in [-0.3, -0.25) is 26.8 Å². The molecule has 652 valence electrons. The number of nitrogens with zero attached hydrogens (tertiary/aromatic N) is 13. The Morgan fingerprint density at radius 1 is 0.438 bits per heavy atom. The van der Waals surface area contributed by atoms with Crippen molar-refractivity contribution in [1.29, 1.82) is 0 Å². The van der Waals surface area contributed by atoms with E-state index in [4.69, 9.17) is 64.3 Å². The monoisotopic (exact) mass is 2110 g/mol. The maximum atomic E-state index is 11.9. The van der Waals surface area contributed by atoms with E-state index in [1.807, 2.05) is 144 Å². The van der Waals surface area contributed by atoms with E-state index in [9.17, 15) is 14.4 Å². The quantitative estimate of drug-likeness (QED) is 0.0538. The average molecular weight is 2110 g/mol. The standard InChI is InChI=1S/C30H28BrClNOP.C22H20ClN3O3.C20H17BrClN3O.C9H7BrN2O2.C8H7BrN2O.C8H5BrN2O/c1-23-18-24(20-25(32)19-23)30(2)21-26(33-34-30)22-35(31,27-12-6-3-7-13-27,28-14-8-4-9-15-28)29-16-10-5-11-17-29;1-14-8-15(10-16(23)9-14)22(2)11-17(25-29-22)4-5-18-6-7-19(21(27)28-3)20-12-24-13-26(18)20;1-13-7-14(9-15(22)8-13)20(2)10-16(24-26-20)3-4-17-5-6-18(21)19-11-23-12-25(17)19;1-14-9(13)7-3-2-6(10)8-4-11-5-12(7)8;2*9-7-2-1-6(4-12)11-5-10-3-8(7)11/h3-20H,21-22H2,1-2H3;4-10,12-13H,11H2,1-3H3;3-9,11-12H,10H2,1-2H3;2-5H,1H3;1-3,5,12H,4H2;1-5H/b;5-4+;4-3+;;;. The van der Waals surface area contributed by atoms with Gasteiger partial charge in [-0.1, -0.05) is 45.6 Å². The van der Waals surface area contributed by atoms with Crippen molar-refractivity contribution >= 4 is 210 Å². The van der Waals surface area contributed by atoms with Gasteiger partial charge in [0, 0.05) is 57.9 Å². The minimum absolute atomic E-state index is 0.0279. The molecule has 0 fully saturated rings. The van der Waals surface area contributed by atoms with Crippen molar-refractivity contribution in [2.75, 3.05) is 20.4 Å². The predicted molar refractivity (Wildman–Crippen MR) is 528 cm³/mol. The number of esters is 2. The molecule has 6 aromatic carbocycles. The Labute approximate surface area is 795 Å². The number of oxime groups is 3. The molecule has 3 atom stereocenters. The number of fused-ring (bicyclic) bond motifs is 5. The number of rotatable bonds is 16. The molecular weight excluding hydrogens is 2030 g/mol. The third-order valence-electron chi connectivity index (χ3n) is 21.9. The third kappa shape index (κ3) is 20.3. The van der Waals surface area contributed by atoms with Crippen molar-refractivity contribution in [3.8, 4) is 0 Å². The van der Waals surface area contributed by atoms with Gasteiger partial charge in [0.05, 0.1) is 134 Å². The van der Waals surface area contributed by atoms with E-state index in [-0.39, 0.29) is 12.6 Å². The number of hydrogen-bond donors (Lipinski definition) is 1. The zero-order valence-corrected chi connectivity index (χ0v) is 81.4. The fraction of sp³-hybridized carbons (Fsp3) is 0.165. The van der Waals surface area contributed by atoms with Crippen molar-refractivity contribution in [3.05, 3.63) is 381 Å². The Morgan fingerprint density at radius 3 is 1.23 bits per heavy atom. The topological polar surface area (TPSA) is 241 Å². The number of benzene rings is 6. The molecule has 0 saturated heterocycles. The molecule has 0 spiro atoms. The van der Waals surface area contributed by atoms with Crippen LogP contribution in [0, 0.1) is 20.8 Å². The van der Waals surface area contributed by atoms with Gasteiger partial charge >= 0.3 is 233 Å². The Balaban J connectivity index is 0.000000130. The summed E-state index contributed by atoms with van der Waals surface area (Å²) < 4.78 is 22.4.